The van der Waals surface area contributed by atoms with Crippen molar-refractivity contribution >= 4 is 0 Å². The molecule has 0 heterocycles. The first-order chi connectivity index (χ1) is 10.0. The van der Waals surface area contributed by atoms with Crippen molar-refractivity contribution in [2.45, 2.75) is 40.7 Å². The maximum atomic E-state index is 5.77. The smallest absolute Gasteiger partial charge is 0.0701 e. The minimum atomic E-state index is 0.249. The van der Waals surface area contributed by atoms with Crippen LogP contribution >= 0.6 is 0 Å². The Bertz CT molecular complexity index is 404. The zero-order chi connectivity index (χ0) is 15.7. The molecule has 0 fully saturated rings. The molecule has 0 saturated carbocycles. The predicted molar refractivity (Wildman–Crippen MR) is 88.8 cm³/mol. The van der Waals surface area contributed by atoms with Crippen molar-refractivity contribution in [1.82, 2.24) is 5.32 Å². The standard InChI is InChI=1S/C18H31NO2/c1-6-19-18(13-21-10-9-20-12-14(2)3)17-8-7-15(4)16(5)11-17/h7-8,11,14,18-19H,6,9-10,12-13H2,1-5H3. The number of rotatable bonds is 10. The zero-order valence-electron chi connectivity index (χ0n) is 14.2. The van der Waals surface area contributed by atoms with Gasteiger partial charge in [-0.25, -0.2) is 0 Å². The van der Waals surface area contributed by atoms with E-state index >= 15 is 0 Å². The van der Waals surface area contributed by atoms with E-state index in [9.17, 15) is 0 Å². The summed E-state index contributed by atoms with van der Waals surface area (Å²) in [4.78, 5) is 0. The first-order valence-corrected chi connectivity index (χ1v) is 8.00. The van der Waals surface area contributed by atoms with Crippen LogP contribution in [0.1, 0.15) is 43.5 Å². The van der Waals surface area contributed by atoms with Gasteiger partial charge in [0.15, 0.2) is 0 Å². The number of hydrogen-bond acceptors (Lipinski definition) is 3. The lowest BCUT2D eigenvalue weighted by atomic mass is 10.0. The van der Waals surface area contributed by atoms with Gasteiger partial charge in [-0.1, -0.05) is 39.0 Å². The van der Waals surface area contributed by atoms with Crippen molar-refractivity contribution in [1.29, 1.82) is 0 Å². The number of benzene rings is 1. The van der Waals surface area contributed by atoms with E-state index in [-0.39, 0.29) is 6.04 Å². The van der Waals surface area contributed by atoms with Crippen molar-refractivity contribution in [3.05, 3.63) is 34.9 Å². The lowest BCUT2D eigenvalue weighted by molar-refractivity contribution is 0.0304. The molecule has 0 radical (unpaired) electrons. The summed E-state index contributed by atoms with van der Waals surface area (Å²) in [5, 5.41) is 3.49. The lowest BCUT2D eigenvalue weighted by Gasteiger charge is -2.19. The molecule has 0 aliphatic carbocycles. The van der Waals surface area contributed by atoms with Gasteiger partial charge in [-0.05, 0) is 43.0 Å². The summed E-state index contributed by atoms with van der Waals surface area (Å²) in [5.74, 6) is 0.579. The fraction of sp³-hybridized carbons (Fsp3) is 0.667. The average molecular weight is 293 g/mol. The van der Waals surface area contributed by atoms with Crippen molar-refractivity contribution < 1.29 is 9.47 Å². The Labute approximate surface area is 130 Å². The highest BCUT2D eigenvalue weighted by Crippen LogP contribution is 2.17. The normalized spacial score (nSPS) is 12.9. The Morgan fingerprint density at radius 2 is 1.67 bits per heavy atom. The van der Waals surface area contributed by atoms with Crippen LogP contribution in [0.3, 0.4) is 0 Å². The Hall–Kier alpha value is -0.900. The Balaban J connectivity index is 2.41. The highest BCUT2D eigenvalue weighted by molar-refractivity contribution is 5.31. The molecule has 0 spiro atoms. The SMILES string of the molecule is CCNC(COCCOCC(C)C)c1ccc(C)c(C)c1. The van der Waals surface area contributed by atoms with Crippen LogP contribution in [-0.4, -0.2) is 33.0 Å². The van der Waals surface area contributed by atoms with Gasteiger partial charge in [0, 0.05) is 6.61 Å². The fourth-order valence-electron chi connectivity index (χ4n) is 2.14. The maximum Gasteiger partial charge on any atom is 0.0701 e. The lowest BCUT2D eigenvalue weighted by Crippen LogP contribution is -2.26. The van der Waals surface area contributed by atoms with Gasteiger partial charge < -0.3 is 14.8 Å². The molecule has 0 aliphatic rings. The summed E-state index contributed by atoms with van der Waals surface area (Å²) in [5.41, 5.74) is 3.95. The molecule has 0 saturated heterocycles. The van der Waals surface area contributed by atoms with Crippen LogP contribution in [0.15, 0.2) is 18.2 Å². The third-order valence-electron chi connectivity index (χ3n) is 3.49. The number of hydrogen-bond donors (Lipinski definition) is 1. The van der Waals surface area contributed by atoms with E-state index in [2.05, 4.69) is 58.1 Å². The Kier molecular flexibility index (Phi) is 8.58. The third-order valence-corrected chi connectivity index (χ3v) is 3.49. The van der Waals surface area contributed by atoms with E-state index in [4.69, 9.17) is 9.47 Å². The van der Waals surface area contributed by atoms with E-state index in [0.717, 1.165) is 13.2 Å². The number of likely N-dealkylation sites (N-methyl/N-ethyl adjacent to an activating group) is 1. The van der Waals surface area contributed by atoms with Gasteiger partial charge in [0.1, 0.15) is 0 Å². The molecule has 1 aromatic rings. The number of ether oxygens (including phenoxy) is 2. The molecule has 0 aliphatic heterocycles. The molecule has 1 unspecified atom stereocenters. The molecule has 0 aromatic heterocycles. The van der Waals surface area contributed by atoms with Gasteiger partial charge in [-0.15, -0.1) is 0 Å². The van der Waals surface area contributed by atoms with E-state index in [1.165, 1.54) is 16.7 Å². The first kappa shape index (κ1) is 18.1. The van der Waals surface area contributed by atoms with Crippen LogP contribution in [0, 0.1) is 19.8 Å². The molecule has 3 heteroatoms. The molecule has 1 rings (SSSR count). The molecule has 120 valence electrons. The number of nitrogens with one attached hydrogen (secondary N) is 1. The van der Waals surface area contributed by atoms with Crippen LogP contribution in [0.25, 0.3) is 0 Å². The summed E-state index contributed by atoms with van der Waals surface area (Å²) in [7, 11) is 0. The van der Waals surface area contributed by atoms with E-state index in [0.29, 0.717) is 25.7 Å². The molecule has 1 atom stereocenters. The van der Waals surface area contributed by atoms with Crippen LogP contribution < -0.4 is 5.32 Å². The molecule has 3 nitrogen and oxygen atoms in total. The van der Waals surface area contributed by atoms with E-state index in [1.54, 1.807) is 0 Å². The Morgan fingerprint density at radius 3 is 2.24 bits per heavy atom. The van der Waals surface area contributed by atoms with E-state index < -0.39 is 0 Å². The zero-order valence-corrected chi connectivity index (χ0v) is 14.2. The molecule has 1 aromatic carbocycles. The van der Waals surface area contributed by atoms with Crippen LogP contribution in [0.2, 0.25) is 0 Å². The minimum absolute atomic E-state index is 0.249. The molecular formula is C18H31NO2. The molecule has 0 amide bonds. The number of aryl methyl sites for hydroxylation is 2. The van der Waals surface area contributed by atoms with Crippen molar-refractivity contribution in [3.63, 3.8) is 0 Å². The van der Waals surface area contributed by atoms with Gasteiger partial charge in [0.25, 0.3) is 0 Å². The predicted octanol–water partition coefficient (Wildman–Crippen LogP) is 3.64. The maximum absolute atomic E-state index is 5.77. The van der Waals surface area contributed by atoms with Gasteiger partial charge in [-0.2, -0.15) is 0 Å². The Morgan fingerprint density at radius 1 is 1.00 bits per heavy atom. The summed E-state index contributed by atoms with van der Waals surface area (Å²) in [6.45, 7) is 14.5. The highest BCUT2D eigenvalue weighted by atomic mass is 16.5. The van der Waals surface area contributed by atoms with Crippen molar-refractivity contribution in [3.8, 4) is 0 Å². The van der Waals surface area contributed by atoms with Crippen LogP contribution in [-0.2, 0) is 9.47 Å². The highest BCUT2D eigenvalue weighted by Gasteiger charge is 2.11. The molecular weight excluding hydrogens is 262 g/mol. The van der Waals surface area contributed by atoms with E-state index in [1.807, 2.05) is 0 Å². The van der Waals surface area contributed by atoms with Gasteiger partial charge in [0.05, 0.1) is 25.9 Å². The molecule has 0 bridgehead atoms. The monoisotopic (exact) mass is 293 g/mol. The topological polar surface area (TPSA) is 30.5 Å². The second-order valence-corrected chi connectivity index (χ2v) is 6.00. The first-order valence-electron chi connectivity index (χ1n) is 8.00. The second-order valence-electron chi connectivity index (χ2n) is 6.00. The van der Waals surface area contributed by atoms with Crippen LogP contribution in [0.4, 0.5) is 0 Å². The second kappa shape index (κ2) is 9.93. The largest absolute Gasteiger partial charge is 0.379 e. The van der Waals surface area contributed by atoms with Crippen molar-refractivity contribution in [2.75, 3.05) is 33.0 Å². The van der Waals surface area contributed by atoms with Gasteiger partial charge in [0.2, 0.25) is 0 Å². The molecule has 21 heavy (non-hydrogen) atoms. The van der Waals surface area contributed by atoms with Crippen LogP contribution in [0.5, 0.6) is 0 Å². The summed E-state index contributed by atoms with van der Waals surface area (Å²) < 4.78 is 11.3. The molecule has 1 N–H and O–H groups in total. The van der Waals surface area contributed by atoms with Gasteiger partial charge in [-0.3, -0.25) is 0 Å². The third kappa shape index (κ3) is 7.07. The fourth-order valence-corrected chi connectivity index (χ4v) is 2.14. The summed E-state index contributed by atoms with van der Waals surface area (Å²) in [6.07, 6.45) is 0. The summed E-state index contributed by atoms with van der Waals surface area (Å²) >= 11 is 0. The minimum Gasteiger partial charge on any atom is -0.379 e. The van der Waals surface area contributed by atoms with Crippen molar-refractivity contribution in [2.24, 2.45) is 5.92 Å². The summed E-state index contributed by atoms with van der Waals surface area (Å²) in [6, 6.07) is 6.87. The average Bonchev–Trinajstić information content (AvgIpc) is 2.44. The quantitative estimate of drug-likeness (QED) is 0.668. The van der Waals surface area contributed by atoms with Gasteiger partial charge >= 0.3 is 0 Å².